The van der Waals surface area contributed by atoms with Crippen LogP contribution in [0.15, 0.2) is 35.3 Å². The lowest BCUT2D eigenvalue weighted by atomic mass is 10.1. The predicted octanol–water partition coefficient (Wildman–Crippen LogP) is 2.56. The Morgan fingerprint density at radius 2 is 2.20 bits per heavy atom. The van der Waals surface area contributed by atoms with Crippen molar-refractivity contribution in [1.29, 1.82) is 0 Å². The second-order valence-electron chi connectivity index (χ2n) is 6.74. The third-order valence-corrected chi connectivity index (χ3v) is 5.06. The summed E-state index contributed by atoms with van der Waals surface area (Å²) in [5.74, 6) is 0.707. The van der Waals surface area contributed by atoms with Crippen molar-refractivity contribution in [1.82, 2.24) is 24.6 Å². The number of aromatic nitrogens is 4. The average Bonchev–Trinajstić information content (AvgIpc) is 3.19. The molecule has 4 rings (SSSR count). The first-order valence-corrected chi connectivity index (χ1v) is 8.90. The van der Waals surface area contributed by atoms with Gasteiger partial charge in [0.05, 0.1) is 12.7 Å². The van der Waals surface area contributed by atoms with Crippen molar-refractivity contribution in [2.24, 2.45) is 7.05 Å². The maximum absolute atomic E-state index is 12.3. The number of nitrogens with zero attached hydrogens (tertiary/aromatic N) is 4. The topological polar surface area (TPSA) is 66.8 Å². The van der Waals surface area contributed by atoms with Gasteiger partial charge in [-0.1, -0.05) is 31.2 Å². The molecule has 130 valence electrons. The molecule has 25 heavy (non-hydrogen) atoms. The van der Waals surface area contributed by atoms with Crippen LogP contribution >= 0.6 is 0 Å². The van der Waals surface area contributed by atoms with Crippen LogP contribution in [0.25, 0.3) is 11.0 Å². The third kappa shape index (κ3) is 2.87. The fourth-order valence-corrected chi connectivity index (χ4v) is 3.89. The molecule has 0 saturated heterocycles. The molecule has 0 saturated carbocycles. The van der Waals surface area contributed by atoms with Crippen molar-refractivity contribution in [2.45, 2.75) is 38.8 Å². The summed E-state index contributed by atoms with van der Waals surface area (Å²) in [6, 6.07) is 9.07. The van der Waals surface area contributed by atoms with E-state index in [1.807, 2.05) is 7.05 Å². The quantitative estimate of drug-likeness (QED) is 0.777. The molecule has 0 fully saturated rings. The lowest BCUT2D eigenvalue weighted by molar-refractivity contribution is 0.183. The van der Waals surface area contributed by atoms with Crippen LogP contribution < -0.4 is 5.56 Å². The van der Waals surface area contributed by atoms with Gasteiger partial charge in [-0.15, -0.1) is 0 Å². The Labute approximate surface area is 146 Å². The molecule has 0 spiro atoms. The fourth-order valence-electron chi connectivity index (χ4n) is 3.89. The number of fused-ring (bicyclic) bond motifs is 2. The van der Waals surface area contributed by atoms with Crippen molar-refractivity contribution in [3.05, 3.63) is 57.8 Å². The van der Waals surface area contributed by atoms with Gasteiger partial charge in [0.25, 0.3) is 5.56 Å². The average molecular weight is 337 g/mol. The Morgan fingerprint density at radius 3 is 3.04 bits per heavy atom. The van der Waals surface area contributed by atoms with Gasteiger partial charge in [-0.25, -0.2) is 4.98 Å². The molecule has 1 N–H and O–H groups in total. The minimum Gasteiger partial charge on any atom is -0.309 e. The normalized spacial score (nSPS) is 16.7. The van der Waals surface area contributed by atoms with Crippen LogP contribution in [-0.4, -0.2) is 31.2 Å². The van der Waals surface area contributed by atoms with Gasteiger partial charge in [0.2, 0.25) is 0 Å². The zero-order valence-electron chi connectivity index (χ0n) is 14.7. The van der Waals surface area contributed by atoms with E-state index in [9.17, 15) is 4.79 Å². The SMILES string of the molecule is CCCN(Cc1nc2c(cnn2C)c(=O)[nH]1)C1CCc2ccccc21. The minimum absolute atomic E-state index is 0.114. The van der Waals surface area contributed by atoms with Crippen LogP contribution in [0.3, 0.4) is 0 Å². The Balaban J connectivity index is 1.67. The first-order chi connectivity index (χ1) is 12.2. The summed E-state index contributed by atoms with van der Waals surface area (Å²) in [6.45, 7) is 3.81. The number of H-pyrrole nitrogens is 1. The van der Waals surface area contributed by atoms with E-state index in [1.54, 1.807) is 10.9 Å². The molecule has 0 bridgehead atoms. The maximum Gasteiger partial charge on any atom is 0.262 e. The van der Waals surface area contributed by atoms with Crippen molar-refractivity contribution in [3.63, 3.8) is 0 Å². The van der Waals surface area contributed by atoms with Crippen molar-refractivity contribution < 1.29 is 0 Å². The predicted molar refractivity (Wildman–Crippen MR) is 97.3 cm³/mol. The first-order valence-electron chi connectivity index (χ1n) is 8.90. The van der Waals surface area contributed by atoms with Gasteiger partial charge in [-0.3, -0.25) is 14.4 Å². The third-order valence-electron chi connectivity index (χ3n) is 5.06. The molecule has 6 heteroatoms. The van der Waals surface area contributed by atoms with Crippen LogP contribution in [0.1, 0.15) is 42.8 Å². The Morgan fingerprint density at radius 1 is 1.36 bits per heavy atom. The van der Waals surface area contributed by atoms with Gasteiger partial charge in [-0.05, 0) is 36.9 Å². The summed E-state index contributed by atoms with van der Waals surface area (Å²) < 4.78 is 1.66. The number of nitrogens with one attached hydrogen (secondary N) is 1. The van der Waals surface area contributed by atoms with Gasteiger partial charge in [-0.2, -0.15) is 5.10 Å². The number of aryl methyl sites for hydroxylation is 2. The molecule has 3 aromatic rings. The molecule has 0 aliphatic heterocycles. The largest absolute Gasteiger partial charge is 0.309 e. The molecular weight excluding hydrogens is 314 g/mol. The van der Waals surface area contributed by atoms with Gasteiger partial charge >= 0.3 is 0 Å². The highest BCUT2D eigenvalue weighted by Crippen LogP contribution is 2.36. The van der Waals surface area contributed by atoms with E-state index in [1.165, 1.54) is 11.1 Å². The number of benzene rings is 1. The Hall–Kier alpha value is -2.47. The molecule has 2 aromatic heterocycles. The number of hydrogen-bond donors (Lipinski definition) is 1. The maximum atomic E-state index is 12.3. The minimum atomic E-state index is -0.114. The second-order valence-corrected chi connectivity index (χ2v) is 6.74. The van der Waals surface area contributed by atoms with E-state index in [0.717, 1.165) is 25.8 Å². The van der Waals surface area contributed by atoms with Gasteiger partial charge < -0.3 is 4.98 Å². The highest BCUT2D eigenvalue weighted by molar-refractivity contribution is 5.72. The van der Waals surface area contributed by atoms with E-state index in [0.29, 0.717) is 29.4 Å². The van der Waals surface area contributed by atoms with Crippen LogP contribution in [-0.2, 0) is 20.0 Å². The molecule has 1 aliphatic carbocycles. The number of rotatable bonds is 5. The summed E-state index contributed by atoms with van der Waals surface area (Å²) in [5, 5.41) is 4.68. The van der Waals surface area contributed by atoms with Crippen LogP contribution in [0.5, 0.6) is 0 Å². The second kappa shape index (κ2) is 6.44. The summed E-state index contributed by atoms with van der Waals surface area (Å²) in [7, 11) is 1.82. The lowest BCUT2D eigenvalue weighted by Crippen LogP contribution is -2.30. The lowest BCUT2D eigenvalue weighted by Gasteiger charge is -2.28. The first kappa shape index (κ1) is 16.0. The monoisotopic (exact) mass is 337 g/mol. The number of aromatic amines is 1. The van der Waals surface area contributed by atoms with Crippen molar-refractivity contribution in [2.75, 3.05) is 6.54 Å². The number of hydrogen-bond acceptors (Lipinski definition) is 4. The van der Waals surface area contributed by atoms with E-state index >= 15 is 0 Å². The van der Waals surface area contributed by atoms with Gasteiger partial charge in [0.1, 0.15) is 11.2 Å². The molecule has 0 radical (unpaired) electrons. The zero-order chi connectivity index (χ0) is 17.4. The van der Waals surface area contributed by atoms with Crippen LogP contribution in [0, 0.1) is 0 Å². The smallest absolute Gasteiger partial charge is 0.262 e. The molecule has 1 atom stereocenters. The zero-order valence-corrected chi connectivity index (χ0v) is 14.7. The van der Waals surface area contributed by atoms with Crippen molar-refractivity contribution >= 4 is 11.0 Å². The molecule has 1 aliphatic rings. The molecule has 6 nitrogen and oxygen atoms in total. The van der Waals surface area contributed by atoms with Gasteiger partial charge in [0.15, 0.2) is 5.65 Å². The Bertz CT molecular complexity index is 958. The fraction of sp³-hybridized carbons (Fsp3) is 0.421. The molecule has 1 aromatic carbocycles. The highest BCUT2D eigenvalue weighted by Gasteiger charge is 2.27. The van der Waals surface area contributed by atoms with E-state index in [2.05, 4.69) is 51.2 Å². The van der Waals surface area contributed by atoms with E-state index in [-0.39, 0.29) is 5.56 Å². The summed E-state index contributed by atoms with van der Waals surface area (Å²) in [5.41, 5.74) is 3.38. The standard InChI is InChI=1S/C19H23N5O/c1-3-10-24(16-9-8-13-6-4-5-7-14(13)16)12-17-21-18-15(19(25)22-17)11-20-23(18)2/h4-7,11,16H,3,8-10,12H2,1-2H3,(H,21,22,25). The van der Waals surface area contributed by atoms with E-state index in [4.69, 9.17) is 0 Å². The molecule has 1 unspecified atom stereocenters. The molecular formula is C19H23N5O. The molecule has 2 heterocycles. The highest BCUT2D eigenvalue weighted by atomic mass is 16.1. The summed E-state index contributed by atoms with van der Waals surface area (Å²) in [4.78, 5) is 22.3. The Kier molecular flexibility index (Phi) is 4.13. The van der Waals surface area contributed by atoms with Crippen LogP contribution in [0.4, 0.5) is 0 Å². The van der Waals surface area contributed by atoms with Crippen LogP contribution in [0.2, 0.25) is 0 Å². The van der Waals surface area contributed by atoms with E-state index < -0.39 is 0 Å². The molecule has 0 amide bonds. The van der Waals surface area contributed by atoms with Crippen molar-refractivity contribution in [3.8, 4) is 0 Å². The summed E-state index contributed by atoms with van der Waals surface area (Å²) in [6.07, 6.45) is 4.88. The summed E-state index contributed by atoms with van der Waals surface area (Å²) >= 11 is 0. The van der Waals surface area contributed by atoms with Gasteiger partial charge in [0, 0.05) is 13.1 Å².